The first-order valence-corrected chi connectivity index (χ1v) is 4.08. The molecule has 0 radical (unpaired) electrons. The van der Waals surface area contributed by atoms with Gasteiger partial charge < -0.3 is 9.53 Å². The molecule has 0 aliphatic heterocycles. The molecule has 0 unspecified atom stereocenters. The minimum atomic E-state index is -0.316. The number of carbonyl (C=O) groups is 2. The average molecular weight is 170 g/mol. The quantitative estimate of drug-likeness (QED) is 0.262. The summed E-state index contributed by atoms with van der Waals surface area (Å²) in [5, 5.41) is 0. The van der Waals surface area contributed by atoms with Crippen molar-refractivity contribution in [2.45, 2.75) is 26.2 Å². The lowest BCUT2D eigenvalue weighted by Crippen LogP contribution is -1.98. The van der Waals surface area contributed by atoms with Crippen molar-refractivity contribution in [2.75, 3.05) is 6.61 Å². The summed E-state index contributed by atoms with van der Waals surface area (Å²) in [6.45, 7) is 2.16. The minimum Gasteiger partial charge on any atom is -0.463 e. The van der Waals surface area contributed by atoms with Crippen molar-refractivity contribution < 1.29 is 14.3 Å². The molecule has 0 aromatic heterocycles. The molecule has 12 heavy (non-hydrogen) atoms. The van der Waals surface area contributed by atoms with E-state index in [1.54, 1.807) is 13.0 Å². The normalized spacial score (nSPS) is 10.1. The van der Waals surface area contributed by atoms with Crippen LogP contribution >= 0.6 is 0 Å². The van der Waals surface area contributed by atoms with Crippen molar-refractivity contribution in [3.63, 3.8) is 0 Å². The van der Waals surface area contributed by atoms with E-state index >= 15 is 0 Å². The van der Waals surface area contributed by atoms with Crippen molar-refractivity contribution in [2.24, 2.45) is 0 Å². The van der Waals surface area contributed by atoms with Gasteiger partial charge in [-0.15, -0.1) is 0 Å². The number of unbranched alkanes of at least 4 members (excludes halogenated alkanes) is 2. The van der Waals surface area contributed by atoms with Crippen LogP contribution in [0.2, 0.25) is 0 Å². The third-order valence-electron chi connectivity index (χ3n) is 1.23. The average Bonchev–Trinajstić information content (AvgIpc) is 2.05. The Labute approximate surface area is 72.4 Å². The Bertz CT molecular complexity index is 161. The molecule has 0 saturated carbocycles. The monoisotopic (exact) mass is 170 g/mol. The summed E-state index contributed by atoms with van der Waals surface area (Å²) in [7, 11) is 0. The molecule has 0 spiro atoms. The highest BCUT2D eigenvalue weighted by Crippen LogP contribution is 1.94. The van der Waals surface area contributed by atoms with Gasteiger partial charge in [-0.1, -0.05) is 6.08 Å². The highest BCUT2D eigenvalue weighted by molar-refractivity contribution is 5.81. The molecule has 0 aromatic rings. The topological polar surface area (TPSA) is 43.4 Å². The smallest absolute Gasteiger partial charge is 0.330 e. The molecule has 68 valence electrons. The Balaban J connectivity index is 3.34. The van der Waals surface area contributed by atoms with E-state index in [0.29, 0.717) is 13.0 Å². The maximum Gasteiger partial charge on any atom is 0.330 e. The number of rotatable bonds is 6. The molecule has 0 aromatic carbocycles. The van der Waals surface area contributed by atoms with Gasteiger partial charge in [0.25, 0.3) is 0 Å². The van der Waals surface area contributed by atoms with Gasteiger partial charge >= 0.3 is 5.97 Å². The Morgan fingerprint density at radius 1 is 1.42 bits per heavy atom. The third-order valence-corrected chi connectivity index (χ3v) is 1.23. The molecule has 0 aliphatic carbocycles. The molecule has 3 nitrogen and oxygen atoms in total. The zero-order valence-electron chi connectivity index (χ0n) is 7.29. The van der Waals surface area contributed by atoms with Crippen LogP contribution in [-0.4, -0.2) is 18.9 Å². The zero-order chi connectivity index (χ0) is 9.23. The van der Waals surface area contributed by atoms with Gasteiger partial charge in [-0.3, -0.25) is 0 Å². The highest BCUT2D eigenvalue weighted by Gasteiger charge is 1.91. The summed E-state index contributed by atoms with van der Waals surface area (Å²) >= 11 is 0. The first kappa shape index (κ1) is 10.9. The standard InChI is InChI=1S/C9H14O3/c1-2-12-9(11)7-5-3-4-6-8-10/h5,7-8H,2-4,6H2,1H3/b7-5-. The van der Waals surface area contributed by atoms with Crippen molar-refractivity contribution >= 4 is 12.3 Å². The summed E-state index contributed by atoms with van der Waals surface area (Å²) < 4.78 is 4.65. The van der Waals surface area contributed by atoms with E-state index < -0.39 is 0 Å². The van der Waals surface area contributed by atoms with Gasteiger partial charge in [0, 0.05) is 12.5 Å². The van der Waals surface area contributed by atoms with Crippen molar-refractivity contribution in [3.05, 3.63) is 12.2 Å². The van der Waals surface area contributed by atoms with Gasteiger partial charge in [-0.25, -0.2) is 4.79 Å². The summed E-state index contributed by atoms with van der Waals surface area (Å²) in [6, 6.07) is 0. The van der Waals surface area contributed by atoms with Crippen LogP contribution in [0.4, 0.5) is 0 Å². The van der Waals surface area contributed by atoms with E-state index in [4.69, 9.17) is 0 Å². The van der Waals surface area contributed by atoms with E-state index in [0.717, 1.165) is 19.1 Å². The SMILES string of the molecule is CCOC(=O)/C=C\CCCC=O. The third kappa shape index (κ3) is 6.99. The number of ether oxygens (including phenoxy) is 1. The fourth-order valence-corrected chi connectivity index (χ4v) is 0.689. The molecule has 0 atom stereocenters. The van der Waals surface area contributed by atoms with Crippen molar-refractivity contribution in [3.8, 4) is 0 Å². The lowest BCUT2D eigenvalue weighted by atomic mass is 10.2. The first-order chi connectivity index (χ1) is 5.81. The summed E-state index contributed by atoms with van der Waals surface area (Å²) in [5.74, 6) is -0.316. The van der Waals surface area contributed by atoms with Crippen LogP contribution in [0.15, 0.2) is 12.2 Å². The predicted octanol–water partition coefficient (Wildman–Crippen LogP) is 1.47. The largest absolute Gasteiger partial charge is 0.463 e. The second-order valence-electron chi connectivity index (χ2n) is 2.25. The van der Waals surface area contributed by atoms with E-state index in [9.17, 15) is 9.59 Å². The van der Waals surface area contributed by atoms with Gasteiger partial charge in [-0.05, 0) is 19.8 Å². The van der Waals surface area contributed by atoms with E-state index in [-0.39, 0.29) is 5.97 Å². The molecular weight excluding hydrogens is 156 g/mol. The molecule has 0 heterocycles. The van der Waals surface area contributed by atoms with E-state index in [1.165, 1.54) is 6.08 Å². The molecule has 0 rings (SSSR count). The number of hydrogen-bond donors (Lipinski definition) is 0. The Morgan fingerprint density at radius 3 is 2.75 bits per heavy atom. The Kier molecular flexibility index (Phi) is 7.24. The van der Waals surface area contributed by atoms with Crippen LogP contribution in [-0.2, 0) is 14.3 Å². The minimum absolute atomic E-state index is 0.316. The lowest BCUT2D eigenvalue weighted by Gasteiger charge is -1.93. The van der Waals surface area contributed by atoms with Gasteiger partial charge in [0.05, 0.1) is 6.61 Å². The number of esters is 1. The van der Waals surface area contributed by atoms with Crippen molar-refractivity contribution in [1.82, 2.24) is 0 Å². The molecule has 0 N–H and O–H groups in total. The van der Waals surface area contributed by atoms with Gasteiger partial charge in [-0.2, -0.15) is 0 Å². The van der Waals surface area contributed by atoms with Crippen molar-refractivity contribution in [1.29, 1.82) is 0 Å². The maximum atomic E-state index is 10.7. The molecule has 0 saturated heterocycles. The number of allylic oxidation sites excluding steroid dienone is 1. The van der Waals surface area contributed by atoms with E-state index in [2.05, 4.69) is 4.74 Å². The van der Waals surface area contributed by atoms with Gasteiger partial charge in [0.15, 0.2) is 0 Å². The summed E-state index contributed by atoms with van der Waals surface area (Å²) in [6.07, 6.45) is 6.08. The number of hydrogen-bond acceptors (Lipinski definition) is 3. The molecule has 0 bridgehead atoms. The zero-order valence-corrected chi connectivity index (χ0v) is 7.29. The molecule has 3 heteroatoms. The van der Waals surface area contributed by atoms with Gasteiger partial charge in [0.1, 0.15) is 6.29 Å². The van der Waals surface area contributed by atoms with Crippen LogP contribution in [0, 0.1) is 0 Å². The number of aldehydes is 1. The lowest BCUT2D eigenvalue weighted by molar-refractivity contribution is -0.137. The fraction of sp³-hybridized carbons (Fsp3) is 0.556. The molecule has 0 aliphatic rings. The molecule has 0 fully saturated rings. The Hall–Kier alpha value is -1.12. The molecular formula is C9H14O3. The second kappa shape index (κ2) is 7.98. The second-order valence-corrected chi connectivity index (χ2v) is 2.25. The van der Waals surface area contributed by atoms with Crippen LogP contribution in [0.1, 0.15) is 26.2 Å². The summed E-state index contributed by atoms with van der Waals surface area (Å²) in [5.41, 5.74) is 0. The fourth-order valence-electron chi connectivity index (χ4n) is 0.689. The van der Waals surface area contributed by atoms with Gasteiger partial charge in [0.2, 0.25) is 0 Å². The predicted molar refractivity (Wildman–Crippen MR) is 45.7 cm³/mol. The highest BCUT2D eigenvalue weighted by atomic mass is 16.5. The van der Waals surface area contributed by atoms with E-state index in [1.807, 2.05) is 0 Å². The first-order valence-electron chi connectivity index (χ1n) is 4.08. The number of carbonyl (C=O) groups excluding carboxylic acids is 2. The summed E-state index contributed by atoms with van der Waals surface area (Å²) in [4.78, 5) is 20.6. The van der Waals surface area contributed by atoms with Crippen LogP contribution < -0.4 is 0 Å². The molecule has 0 amide bonds. The van der Waals surface area contributed by atoms with Crippen LogP contribution in [0.25, 0.3) is 0 Å². The Morgan fingerprint density at radius 2 is 2.17 bits per heavy atom. The van der Waals surface area contributed by atoms with Crippen LogP contribution in [0.3, 0.4) is 0 Å². The van der Waals surface area contributed by atoms with Crippen LogP contribution in [0.5, 0.6) is 0 Å². The maximum absolute atomic E-state index is 10.7.